The molecule has 0 heterocycles. The van der Waals surface area contributed by atoms with Crippen LogP contribution in [0.25, 0.3) is 0 Å². The Labute approximate surface area is 116 Å². The van der Waals surface area contributed by atoms with Gasteiger partial charge in [-0.25, -0.2) is 0 Å². The van der Waals surface area contributed by atoms with Gasteiger partial charge < -0.3 is 10.4 Å². The number of aliphatic carboxylic acids is 1. The van der Waals surface area contributed by atoms with Crippen molar-refractivity contribution in [2.24, 2.45) is 0 Å². The van der Waals surface area contributed by atoms with Crippen LogP contribution < -0.4 is 5.32 Å². The average Bonchev–Trinajstić information content (AvgIpc) is 2.29. The highest BCUT2D eigenvalue weighted by Crippen LogP contribution is 2.26. The summed E-state index contributed by atoms with van der Waals surface area (Å²) in [7, 11) is 0. The minimum Gasteiger partial charge on any atom is -0.481 e. The van der Waals surface area contributed by atoms with Crippen LogP contribution in [0.1, 0.15) is 51.2 Å². The van der Waals surface area contributed by atoms with Crippen molar-refractivity contribution in [1.29, 1.82) is 0 Å². The van der Waals surface area contributed by atoms with Crippen molar-refractivity contribution in [3.63, 3.8) is 0 Å². The van der Waals surface area contributed by atoms with Crippen LogP contribution in [0.5, 0.6) is 0 Å². The lowest BCUT2D eigenvalue weighted by Crippen LogP contribution is -2.12. The Balaban J connectivity index is 2.55. The first-order chi connectivity index (χ1) is 8.80. The summed E-state index contributed by atoms with van der Waals surface area (Å²) in [5.74, 6) is -0.717. The Morgan fingerprint density at radius 3 is 2.53 bits per heavy atom. The molecule has 2 N–H and O–H groups in total. The Hall–Kier alpha value is -1.51. The van der Waals surface area contributed by atoms with E-state index < -0.39 is 5.97 Å². The van der Waals surface area contributed by atoms with Crippen LogP contribution >= 0.6 is 0 Å². The van der Waals surface area contributed by atoms with Crippen molar-refractivity contribution in [3.05, 3.63) is 29.3 Å². The van der Waals surface area contributed by atoms with Crippen LogP contribution in [-0.2, 0) is 10.2 Å². The van der Waals surface area contributed by atoms with Crippen molar-refractivity contribution in [2.75, 3.05) is 11.9 Å². The van der Waals surface area contributed by atoms with Gasteiger partial charge in [-0.15, -0.1) is 0 Å². The topological polar surface area (TPSA) is 49.3 Å². The fraction of sp³-hybridized carbons (Fsp3) is 0.562. The van der Waals surface area contributed by atoms with E-state index in [2.05, 4.69) is 51.2 Å². The summed E-state index contributed by atoms with van der Waals surface area (Å²) in [5, 5.41) is 12.0. The lowest BCUT2D eigenvalue weighted by molar-refractivity contribution is -0.137. The first kappa shape index (κ1) is 15.5. The molecule has 0 saturated heterocycles. The van der Waals surface area contributed by atoms with E-state index in [0.29, 0.717) is 0 Å². The van der Waals surface area contributed by atoms with E-state index in [4.69, 9.17) is 5.11 Å². The minimum absolute atomic E-state index is 0.146. The summed E-state index contributed by atoms with van der Waals surface area (Å²) < 4.78 is 0. The monoisotopic (exact) mass is 263 g/mol. The standard InChI is InChI=1S/C16H25NO2/c1-12-8-9-13(16(2,3)4)11-14(12)17-10-6-5-7-15(18)19/h8-9,11,17H,5-7,10H2,1-4H3,(H,18,19). The molecule has 0 aliphatic heterocycles. The van der Waals surface area contributed by atoms with E-state index in [0.717, 1.165) is 25.1 Å². The van der Waals surface area contributed by atoms with Crippen molar-refractivity contribution in [2.45, 2.75) is 52.4 Å². The fourth-order valence-electron chi connectivity index (χ4n) is 1.90. The maximum Gasteiger partial charge on any atom is 0.303 e. The number of rotatable bonds is 6. The largest absolute Gasteiger partial charge is 0.481 e. The normalized spacial score (nSPS) is 11.4. The smallest absolute Gasteiger partial charge is 0.303 e. The number of benzene rings is 1. The number of carboxylic acid groups (broad SMARTS) is 1. The highest BCUT2D eigenvalue weighted by Gasteiger charge is 2.14. The molecule has 0 aliphatic carbocycles. The van der Waals surface area contributed by atoms with Crippen LogP contribution in [0.4, 0.5) is 5.69 Å². The summed E-state index contributed by atoms with van der Waals surface area (Å²) in [6, 6.07) is 6.51. The lowest BCUT2D eigenvalue weighted by Gasteiger charge is -2.21. The van der Waals surface area contributed by atoms with E-state index in [1.165, 1.54) is 11.1 Å². The maximum atomic E-state index is 10.4. The zero-order chi connectivity index (χ0) is 14.5. The third kappa shape index (κ3) is 5.33. The molecule has 0 spiro atoms. The first-order valence-electron chi connectivity index (χ1n) is 6.87. The van der Waals surface area contributed by atoms with Crippen LogP contribution in [0.3, 0.4) is 0 Å². The molecule has 0 atom stereocenters. The van der Waals surface area contributed by atoms with Crippen molar-refractivity contribution in [3.8, 4) is 0 Å². The number of carbonyl (C=O) groups is 1. The molecule has 0 saturated carbocycles. The summed E-state index contributed by atoms with van der Waals surface area (Å²) >= 11 is 0. The van der Waals surface area contributed by atoms with Gasteiger partial charge >= 0.3 is 5.97 Å². The number of carboxylic acids is 1. The van der Waals surface area contributed by atoms with Crippen LogP contribution in [0.2, 0.25) is 0 Å². The Morgan fingerprint density at radius 2 is 1.95 bits per heavy atom. The third-order valence-corrected chi connectivity index (χ3v) is 3.24. The van der Waals surface area contributed by atoms with E-state index in [1.807, 2.05) is 0 Å². The summed E-state index contributed by atoms with van der Waals surface area (Å²) in [4.78, 5) is 10.4. The second kappa shape index (κ2) is 6.60. The minimum atomic E-state index is -0.717. The molecular formula is C16H25NO2. The Bertz CT molecular complexity index is 433. The molecule has 106 valence electrons. The molecule has 0 aromatic heterocycles. The third-order valence-electron chi connectivity index (χ3n) is 3.24. The fourth-order valence-corrected chi connectivity index (χ4v) is 1.90. The van der Waals surface area contributed by atoms with E-state index in [-0.39, 0.29) is 11.8 Å². The zero-order valence-electron chi connectivity index (χ0n) is 12.4. The lowest BCUT2D eigenvalue weighted by atomic mass is 9.86. The van der Waals surface area contributed by atoms with Gasteiger partial charge in [-0.1, -0.05) is 32.9 Å². The summed E-state index contributed by atoms with van der Waals surface area (Å²) in [6.07, 6.45) is 1.86. The second-order valence-corrected chi connectivity index (χ2v) is 6.06. The highest BCUT2D eigenvalue weighted by atomic mass is 16.4. The number of hydrogen-bond donors (Lipinski definition) is 2. The van der Waals surface area contributed by atoms with Gasteiger partial charge in [0.05, 0.1) is 0 Å². The number of unbranched alkanes of at least 4 members (excludes halogenated alkanes) is 1. The SMILES string of the molecule is Cc1ccc(C(C)(C)C)cc1NCCCCC(=O)O. The van der Waals surface area contributed by atoms with Crippen LogP contribution in [-0.4, -0.2) is 17.6 Å². The van der Waals surface area contributed by atoms with Crippen molar-refractivity contribution >= 4 is 11.7 Å². The highest BCUT2D eigenvalue weighted by molar-refractivity contribution is 5.66. The molecule has 0 aliphatic rings. The molecule has 1 aromatic carbocycles. The van der Waals surface area contributed by atoms with Crippen LogP contribution in [0.15, 0.2) is 18.2 Å². The van der Waals surface area contributed by atoms with Gasteiger partial charge in [-0.3, -0.25) is 4.79 Å². The molecule has 3 nitrogen and oxygen atoms in total. The second-order valence-electron chi connectivity index (χ2n) is 6.06. The number of aryl methyl sites for hydroxylation is 1. The van der Waals surface area contributed by atoms with Gasteiger partial charge in [0.25, 0.3) is 0 Å². The van der Waals surface area contributed by atoms with Crippen molar-refractivity contribution in [1.82, 2.24) is 0 Å². The number of hydrogen-bond acceptors (Lipinski definition) is 2. The Morgan fingerprint density at radius 1 is 1.26 bits per heavy atom. The predicted octanol–water partition coefficient (Wildman–Crippen LogP) is 3.96. The van der Waals surface area contributed by atoms with Gasteiger partial charge in [0.15, 0.2) is 0 Å². The molecule has 0 bridgehead atoms. The Kier molecular flexibility index (Phi) is 5.40. The molecule has 0 fully saturated rings. The van der Waals surface area contributed by atoms with E-state index in [9.17, 15) is 4.79 Å². The molecule has 0 unspecified atom stereocenters. The first-order valence-corrected chi connectivity index (χ1v) is 6.87. The summed E-state index contributed by atoms with van der Waals surface area (Å²) in [6.45, 7) is 9.52. The van der Waals surface area contributed by atoms with E-state index in [1.54, 1.807) is 0 Å². The zero-order valence-corrected chi connectivity index (χ0v) is 12.4. The molecular weight excluding hydrogens is 238 g/mol. The number of anilines is 1. The number of nitrogens with one attached hydrogen (secondary N) is 1. The van der Waals surface area contributed by atoms with Gasteiger partial charge in [0, 0.05) is 18.7 Å². The van der Waals surface area contributed by atoms with E-state index >= 15 is 0 Å². The molecule has 0 amide bonds. The van der Waals surface area contributed by atoms with Gasteiger partial charge in [-0.2, -0.15) is 0 Å². The quantitative estimate of drug-likeness (QED) is 0.764. The molecule has 1 aromatic rings. The molecule has 1 rings (SSSR count). The van der Waals surface area contributed by atoms with Gasteiger partial charge in [-0.05, 0) is 42.4 Å². The molecule has 19 heavy (non-hydrogen) atoms. The molecule has 3 heteroatoms. The predicted molar refractivity (Wildman–Crippen MR) is 79.9 cm³/mol. The molecule has 0 radical (unpaired) electrons. The summed E-state index contributed by atoms with van der Waals surface area (Å²) in [5.41, 5.74) is 3.84. The average molecular weight is 263 g/mol. The van der Waals surface area contributed by atoms with Crippen LogP contribution in [0, 0.1) is 6.92 Å². The van der Waals surface area contributed by atoms with Gasteiger partial charge in [0.2, 0.25) is 0 Å². The maximum absolute atomic E-state index is 10.4. The van der Waals surface area contributed by atoms with Crippen molar-refractivity contribution < 1.29 is 9.90 Å². The van der Waals surface area contributed by atoms with Gasteiger partial charge in [0.1, 0.15) is 0 Å².